The van der Waals surface area contributed by atoms with Crippen molar-refractivity contribution in [3.8, 4) is 44.5 Å². The Bertz CT molecular complexity index is 2250. The van der Waals surface area contributed by atoms with E-state index < -0.39 is 0 Å². The average Bonchev–Trinajstić information content (AvgIpc) is 3.22. The largest absolute Gasteiger partial charge is 0.255 e. The van der Waals surface area contributed by atoms with Gasteiger partial charge in [-0.15, -0.1) is 0 Å². The fraction of sp³-hybridized carbons (Fsp3) is 0.173. The Labute approximate surface area is 327 Å². The van der Waals surface area contributed by atoms with Crippen LogP contribution in [0.3, 0.4) is 0 Å². The Morgan fingerprint density at radius 2 is 0.655 bits per heavy atom. The standard InChI is InChI=1S/C52H49N3/c1-35(2)38-13-17-40(18-14-38)44-9-7-11-46(29-44)42-21-25-49(26-22-42)53-33-51-31-48(37(5)6)32-52(55-51)34-54-50-27-23-43(24-28-50)47-12-8-10-45(30-47)41-19-15-39(16-20-41)36(3)4/h7-37H,1-6H3. The van der Waals surface area contributed by atoms with Gasteiger partial charge in [0, 0.05) is 0 Å². The number of aliphatic imine (C=N–C) groups is 2. The minimum atomic E-state index is 0.341. The lowest BCUT2D eigenvalue weighted by molar-refractivity contribution is 0.861. The molecule has 1 aromatic heterocycles. The van der Waals surface area contributed by atoms with Crippen molar-refractivity contribution < 1.29 is 0 Å². The average molecular weight is 716 g/mol. The predicted octanol–water partition coefficient (Wildman–Crippen LogP) is 14.6. The van der Waals surface area contributed by atoms with E-state index in [2.05, 4.69) is 199 Å². The quantitative estimate of drug-likeness (QED) is 0.123. The first-order chi connectivity index (χ1) is 26.7. The highest BCUT2D eigenvalue weighted by Crippen LogP contribution is 2.31. The summed E-state index contributed by atoms with van der Waals surface area (Å²) in [6.07, 6.45) is 3.70. The fourth-order valence-electron chi connectivity index (χ4n) is 6.70. The molecule has 0 aliphatic heterocycles. The number of pyridine rings is 1. The minimum Gasteiger partial charge on any atom is -0.255 e. The van der Waals surface area contributed by atoms with Gasteiger partial charge < -0.3 is 0 Å². The third kappa shape index (κ3) is 9.31. The van der Waals surface area contributed by atoms with E-state index in [0.29, 0.717) is 17.8 Å². The van der Waals surface area contributed by atoms with Crippen molar-refractivity contribution >= 4 is 23.8 Å². The monoisotopic (exact) mass is 715 g/mol. The van der Waals surface area contributed by atoms with E-state index in [4.69, 9.17) is 15.0 Å². The molecule has 0 amide bonds. The number of nitrogens with zero attached hydrogens (tertiary/aromatic N) is 3. The molecule has 3 nitrogen and oxygen atoms in total. The lowest BCUT2D eigenvalue weighted by Gasteiger charge is -2.09. The summed E-state index contributed by atoms with van der Waals surface area (Å²) in [5.74, 6) is 1.39. The summed E-state index contributed by atoms with van der Waals surface area (Å²) in [6.45, 7) is 13.3. The molecule has 0 spiro atoms. The highest BCUT2D eigenvalue weighted by Gasteiger charge is 2.08. The lowest BCUT2D eigenvalue weighted by Crippen LogP contribution is -1.99. The molecule has 0 saturated carbocycles. The van der Waals surface area contributed by atoms with E-state index in [0.717, 1.165) is 33.9 Å². The van der Waals surface area contributed by atoms with Crippen LogP contribution in [0.25, 0.3) is 44.5 Å². The van der Waals surface area contributed by atoms with Gasteiger partial charge in [0.2, 0.25) is 0 Å². The van der Waals surface area contributed by atoms with Crippen LogP contribution in [0.15, 0.2) is 168 Å². The summed E-state index contributed by atoms with van der Waals surface area (Å²) < 4.78 is 0. The van der Waals surface area contributed by atoms with E-state index in [1.807, 2.05) is 12.4 Å². The topological polar surface area (TPSA) is 37.6 Å². The summed E-state index contributed by atoms with van der Waals surface area (Å²) in [7, 11) is 0. The van der Waals surface area contributed by atoms with Crippen LogP contribution in [-0.2, 0) is 0 Å². The number of hydrogen-bond acceptors (Lipinski definition) is 3. The molecule has 272 valence electrons. The van der Waals surface area contributed by atoms with Crippen molar-refractivity contribution in [1.82, 2.24) is 4.98 Å². The minimum absolute atomic E-state index is 0.341. The molecule has 55 heavy (non-hydrogen) atoms. The lowest BCUT2D eigenvalue weighted by atomic mass is 9.96. The second-order valence-corrected chi connectivity index (χ2v) is 15.2. The Kier molecular flexibility index (Phi) is 11.4. The molecule has 0 atom stereocenters. The molecular formula is C52H49N3. The third-order valence-electron chi connectivity index (χ3n) is 10.2. The smallest absolute Gasteiger partial charge is 0.0823 e. The number of aromatic nitrogens is 1. The zero-order chi connectivity index (χ0) is 38.3. The van der Waals surface area contributed by atoms with Gasteiger partial charge in [0.15, 0.2) is 0 Å². The molecule has 0 N–H and O–H groups in total. The molecule has 7 rings (SSSR count). The predicted molar refractivity (Wildman–Crippen MR) is 236 cm³/mol. The SMILES string of the molecule is CC(C)c1ccc(-c2cccc(-c3ccc(N=Cc4cc(C(C)C)cc(C=Nc5ccc(-c6cccc(-c7ccc(C(C)C)cc7)c6)cc5)n4)cc3)c2)cc1. The maximum Gasteiger partial charge on any atom is 0.0823 e. The van der Waals surface area contributed by atoms with Crippen LogP contribution in [0, 0.1) is 0 Å². The summed E-state index contributed by atoms with van der Waals surface area (Å²) in [6, 6.07) is 56.3. The summed E-state index contributed by atoms with van der Waals surface area (Å²) in [4.78, 5) is 14.5. The van der Waals surface area contributed by atoms with Crippen molar-refractivity contribution in [2.75, 3.05) is 0 Å². The van der Waals surface area contributed by atoms with Crippen LogP contribution < -0.4 is 0 Å². The Balaban J connectivity index is 1.04. The molecule has 1 heterocycles. The highest BCUT2D eigenvalue weighted by molar-refractivity contribution is 5.85. The second kappa shape index (κ2) is 16.9. The van der Waals surface area contributed by atoms with Gasteiger partial charge in [-0.2, -0.15) is 0 Å². The number of benzene rings is 6. The van der Waals surface area contributed by atoms with Crippen LogP contribution in [0.2, 0.25) is 0 Å². The van der Waals surface area contributed by atoms with Crippen LogP contribution in [0.4, 0.5) is 11.4 Å². The third-order valence-corrected chi connectivity index (χ3v) is 10.2. The fourth-order valence-corrected chi connectivity index (χ4v) is 6.70. The second-order valence-electron chi connectivity index (χ2n) is 15.2. The van der Waals surface area contributed by atoms with E-state index in [1.165, 1.54) is 50.1 Å². The van der Waals surface area contributed by atoms with Crippen molar-refractivity contribution in [2.45, 2.75) is 59.3 Å². The molecular weight excluding hydrogens is 667 g/mol. The molecule has 3 heteroatoms. The van der Waals surface area contributed by atoms with Gasteiger partial charge in [-0.3, -0.25) is 9.98 Å². The van der Waals surface area contributed by atoms with Gasteiger partial charge in [0.1, 0.15) is 0 Å². The summed E-state index contributed by atoms with van der Waals surface area (Å²) in [5, 5.41) is 0. The van der Waals surface area contributed by atoms with E-state index in [1.54, 1.807) is 0 Å². The van der Waals surface area contributed by atoms with Crippen LogP contribution >= 0.6 is 0 Å². The van der Waals surface area contributed by atoms with E-state index in [-0.39, 0.29) is 0 Å². The Morgan fingerprint density at radius 1 is 0.345 bits per heavy atom. The Morgan fingerprint density at radius 3 is 0.964 bits per heavy atom. The highest BCUT2D eigenvalue weighted by atomic mass is 14.8. The first-order valence-corrected chi connectivity index (χ1v) is 19.4. The summed E-state index contributed by atoms with van der Waals surface area (Å²) in [5.41, 5.74) is 16.9. The van der Waals surface area contributed by atoms with Crippen LogP contribution in [0.1, 0.15) is 87.4 Å². The van der Waals surface area contributed by atoms with Gasteiger partial charge >= 0.3 is 0 Å². The van der Waals surface area contributed by atoms with Gasteiger partial charge in [-0.25, -0.2) is 4.98 Å². The van der Waals surface area contributed by atoms with Crippen molar-refractivity contribution in [1.29, 1.82) is 0 Å². The molecule has 0 fully saturated rings. The van der Waals surface area contributed by atoms with Gasteiger partial charge in [-0.1, -0.05) is 151 Å². The van der Waals surface area contributed by atoms with Gasteiger partial charge in [0.05, 0.1) is 35.2 Å². The normalized spacial score (nSPS) is 11.8. The van der Waals surface area contributed by atoms with Crippen molar-refractivity contribution in [2.24, 2.45) is 9.98 Å². The van der Waals surface area contributed by atoms with Crippen molar-refractivity contribution in [3.05, 3.63) is 186 Å². The zero-order valence-electron chi connectivity index (χ0n) is 32.7. The van der Waals surface area contributed by atoms with E-state index in [9.17, 15) is 0 Å². The molecule has 0 saturated heterocycles. The molecule has 0 unspecified atom stereocenters. The molecule has 0 aliphatic carbocycles. The summed E-state index contributed by atoms with van der Waals surface area (Å²) >= 11 is 0. The molecule has 0 aliphatic rings. The molecule has 6 aromatic carbocycles. The number of rotatable bonds is 11. The first-order valence-electron chi connectivity index (χ1n) is 19.4. The van der Waals surface area contributed by atoms with Gasteiger partial charge in [0.25, 0.3) is 0 Å². The maximum atomic E-state index is 4.88. The Hall–Kier alpha value is -6.19. The maximum absolute atomic E-state index is 4.88. The van der Waals surface area contributed by atoms with Crippen LogP contribution in [-0.4, -0.2) is 17.4 Å². The number of hydrogen-bond donors (Lipinski definition) is 0. The first kappa shape index (κ1) is 37.1. The molecule has 7 aromatic rings. The zero-order valence-corrected chi connectivity index (χ0v) is 32.7. The molecule has 0 bridgehead atoms. The molecule has 0 radical (unpaired) electrons. The van der Waals surface area contributed by atoms with Gasteiger partial charge in [-0.05, 0) is 127 Å². The van der Waals surface area contributed by atoms with E-state index >= 15 is 0 Å². The van der Waals surface area contributed by atoms with Crippen LogP contribution in [0.5, 0.6) is 0 Å². The van der Waals surface area contributed by atoms with Crippen molar-refractivity contribution in [3.63, 3.8) is 0 Å².